The highest BCUT2D eigenvalue weighted by atomic mass is 35.5. The first-order valence-corrected chi connectivity index (χ1v) is 5.91. The van der Waals surface area contributed by atoms with Crippen molar-refractivity contribution in [1.29, 1.82) is 0 Å². The Morgan fingerprint density at radius 1 is 1.44 bits per heavy atom. The van der Waals surface area contributed by atoms with Crippen LogP contribution in [0.15, 0.2) is 24.3 Å². The number of anilines is 1. The molecule has 0 fully saturated rings. The molecule has 0 amide bonds. The van der Waals surface area contributed by atoms with Crippen molar-refractivity contribution in [3.63, 3.8) is 0 Å². The number of nitrogens with zero attached hydrogens (tertiary/aromatic N) is 2. The number of fused-ring (bicyclic) bond motifs is 1. The molecule has 2 rings (SSSR count). The van der Waals surface area contributed by atoms with E-state index in [2.05, 4.69) is 15.3 Å². The molecule has 0 aliphatic carbocycles. The monoisotopic (exact) mass is 265 g/mol. The van der Waals surface area contributed by atoms with Gasteiger partial charge in [0.05, 0.1) is 5.52 Å². The first-order valence-electron chi connectivity index (χ1n) is 5.53. The van der Waals surface area contributed by atoms with Gasteiger partial charge in [-0.25, -0.2) is 14.8 Å². The summed E-state index contributed by atoms with van der Waals surface area (Å²) < 4.78 is 0. The van der Waals surface area contributed by atoms with Crippen molar-refractivity contribution in [1.82, 2.24) is 9.97 Å². The third kappa shape index (κ3) is 2.51. The average molecular weight is 266 g/mol. The van der Waals surface area contributed by atoms with E-state index >= 15 is 0 Å². The molecule has 18 heavy (non-hydrogen) atoms. The minimum atomic E-state index is -0.920. The van der Waals surface area contributed by atoms with Crippen LogP contribution in [0.3, 0.4) is 0 Å². The number of carboxylic acids is 1. The predicted molar refractivity (Wildman–Crippen MR) is 69.9 cm³/mol. The second-order valence-corrected chi connectivity index (χ2v) is 4.14. The number of benzene rings is 1. The summed E-state index contributed by atoms with van der Waals surface area (Å²) in [5, 5.41) is 12.8. The maximum atomic E-state index is 11.0. The largest absolute Gasteiger partial charge is 0.480 e. The summed E-state index contributed by atoms with van der Waals surface area (Å²) in [6.45, 7) is 1.79. The Labute approximate surface area is 109 Å². The molecule has 0 aliphatic heterocycles. The van der Waals surface area contributed by atoms with Crippen LogP contribution in [-0.4, -0.2) is 27.1 Å². The third-order valence-electron chi connectivity index (χ3n) is 2.59. The summed E-state index contributed by atoms with van der Waals surface area (Å²) in [7, 11) is 0. The maximum absolute atomic E-state index is 11.0. The quantitative estimate of drug-likeness (QED) is 0.831. The summed E-state index contributed by atoms with van der Waals surface area (Å²) in [6, 6.07) is 6.61. The van der Waals surface area contributed by atoms with Gasteiger partial charge in [-0.1, -0.05) is 19.1 Å². The molecule has 1 aromatic heterocycles. The fraction of sp³-hybridized carbons (Fsp3) is 0.250. The van der Waals surface area contributed by atoms with E-state index in [-0.39, 0.29) is 5.28 Å². The molecular weight excluding hydrogens is 254 g/mol. The molecule has 6 heteroatoms. The highest BCUT2D eigenvalue weighted by molar-refractivity contribution is 6.28. The lowest BCUT2D eigenvalue weighted by molar-refractivity contribution is -0.137. The zero-order chi connectivity index (χ0) is 13.1. The van der Waals surface area contributed by atoms with Gasteiger partial charge in [-0.05, 0) is 30.2 Å². The molecule has 2 N–H and O–H groups in total. The van der Waals surface area contributed by atoms with Crippen molar-refractivity contribution >= 4 is 34.3 Å². The summed E-state index contributed by atoms with van der Waals surface area (Å²) in [5.74, 6) is -0.476. The fourth-order valence-corrected chi connectivity index (χ4v) is 1.84. The number of nitrogens with one attached hydrogen (secondary N) is 1. The Kier molecular flexibility index (Phi) is 3.62. The van der Waals surface area contributed by atoms with Gasteiger partial charge in [0.2, 0.25) is 5.28 Å². The number of hydrogen-bond acceptors (Lipinski definition) is 4. The Hall–Kier alpha value is -1.88. The molecule has 1 heterocycles. The summed E-state index contributed by atoms with van der Waals surface area (Å²) >= 11 is 5.82. The van der Waals surface area contributed by atoms with E-state index in [1.165, 1.54) is 0 Å². The second-order valence-electron chi connectivity index (χ2n) is 3.80. The molecule has 1 atom stereocenters. The Morgan fingerprint density at radius 3 is 2.83 bits per heavy atom. The first-order chi connectivity index (χ1) is 8.61. The van der Waals surface area contributed by atoms with Gasteiger partial charge in [0.25, 0.3) is 0 Å². The molecular formula is C12H12ClN3O2. The zero-order valence-electron chi connectivity index (χ0n) is 9.72. The molecule has 0 saturated heterocycles. The van der Waals surface area contributed by atoms with E-state index in [1.54, 1.807) is 13.0 Å². The molecule has 0 saturated carbocycles. The van der Waals surface area contributed by atoms with Crippen molar-refractivity contribution in [2.24, 2.45) is 0 Å². The Balaban J connectivity index is 2.46. The van der Waals surface area contributed by atoms with E-state index in [4.69, 9.17) is 16.7 Å². The molecule has 5 nitrogen and oxygen atoms in total. The summed E-state index contributed by atoms with van der Waals surface area (Å²) in [4.78, 5) is 19.1. The topological polar surface area (TPSA) is 75.1 Å². The molecule has 2 aromatic rings. The highest BCUT2D eigenvalue weighted by Gasteiger charge is 2.17. The van der Waals surface area contributed by atoms with Crippen molar-refractivity contribution in [3.8, 4) is 0 Å². The molecule has 0 aliphatic rings. The van der Waals surface area contributed by atoms with Gasteiger partial charge in [0, 0.05) is 5.39 Å². The smallest absolute Gasteiger partial charge is 0.326 e. The van der Waals surface area contributed by atoms with Crippen LogP contribution in [0.2, 0.25) is 5.28 Å². The van der Waals surface area contributed by atoms with E-state index in [0.29, 0.717) is 17.8 Å². The number of para-hydroxylation sites is 1. The van der Waals surface area contributed by atoms with E-state index in [0.717, 1.165) is 5.39 Å². The van der Waals surface area contributed by atoms with Crippen LogP contribution < -0.4 is 5.32 Å². The normalized spacial score (nSPS) is 12.3. The minimum absolute atomic E-state index is 0.0939. The summed E-state index contributed by atoms with van der Waals surface area (Å²) in [6.07, 6.45) is 0.450. The lowest BCUT2D eigenvalue weighted by Crippen LogP contribution is -2.28. The van der Waals surface area contributed by atoms with Gasteiger partial charge in [0.1, 0.15) is 11.9 Å². The number of hydrogen-bond donors (Lipinski definition) is 2. The number of aliphatic carboxylic acids is 1. The van der Waals surface area contributed by atoms with Crippen molar-refractivity contribution in [2.75, 3.05) is 5.32 Å². The van der Waals surface area contributed by atoms with Crippen LogP contribution in [0, 0.1) is 0 Å². The van der Waals surface area contributed by atoms with Gasteiger partial charge in [-0.2, -0.15) is 0 Å². The van der Waals surface area contributed by atoms with Crippen LogP contribution in [0.1, 0.15) is 13.3 Å². The average Bonchev–Trinajstić information content (AvgIpc) is 2.35. The first kappa shape index (κ1) is 12.6. The lowest BCUT2D eigenvalue weighted by Gasteiger charge is -2.14. The Morgan fingerprint density at radius 2 is 2.17 bits per heavy atom. The molecule has 0 spiro atoms. The molecule has 1 aromatic carbocycles. The number of halogens is 1. The van der Waals surface area contributed by atoms with Crippen LogP contribution in [0.25, 0.3) is 10.9 Å². The SMILES string of the molecule is CCC(Nc1nc(Cl)nc2ccccc12)C(=O)O. The highest BCUT2D eigenvalue weighted by Crippen LogP contribution is 2.22. The second kappa shape index (κ2) is 5.18. The molecule has 1 unspecified atom stereocenters. The molecule has 0 radical (unpaired) electrons. The van der Waals surface area contributed by atoms with Crippen molar-refractivity contribution < 1.29 is 9.90 Å². The van der Waals surface area contributed by atoms with Crippen LogP contribution >= 0.6 is 11.6 Å². The molecule has 94 valence electrons. The molecule has 0 bridgehead atoms. The number of aromatic nitrogens is 2. The standard InChI is InChI=1S/C12H12ClN3O2/c1-2-8(11(17)18)14-10-7-5-3-4-6-9(7)15-12(13)16-10/h3-6,8H,2H2,1H3,(H,17,18)(H,14,15,16). The van der Waals surface area contributed by atoms with E-state index in [1.807, 2.05) is 18.2 Å². The predicted octanol–water partition coefficient (Wildman–Crippen LogP) is 2.56. The third-order valence-corrected chi connectivity index (χ3v) is 2.76. The van der Waals surface area contributed by atoms with Crippen molar-refractivity contribution in [3.05, 3.63) is 29.5 Å². The minimum Gasteiger partial charge on any atom is -0.480 e. The van der Waals surface area contributed by atoms with Crippen LogP contribution in [0.5, 0.6) is 0 Å². The maximum Gasteiger partial charge on any atom is 0.326 e. The van der Waals surface area contributed by atoms with E-state index in [9.17, 15) is 4.79 Å². The van der Waals surface area contributed by atoms with Gasteiger partial charge in [-0.3, -0.25) is 0 Å². The van der Waals surface area contributed by atoms with Gasteiger partial charge in [0.15, 0.2) is 0 Å². The Bertz CT molecular complexity index is 589. The number of rotatable bonds is 4. The van der Waals surface area contributed by atoms with Gasteiger partial charge >= 0.3 is 5.97 Å². The number of carbonyl (C=O) groups is 1. The fourth-order valence-electron chi connectivity index (χ4n) is 1.66. The number of carboxylic acid groups (broad SMARTS) is 1. The van der Waals surface area contributed by atoms with Crippen molar-refractivity contribution in [2.45, 2.75) is 19.4 Å². The summed E-state index contributed by atoms with van der Waals surface area (Å²) in [5.41, 5.74) is 0.681. The zero-order valence-corrected chi connectivity index (χ0v) is 10.5. The lowest BCUT2D eigenvalue weighted by atomic mass is 10.2. The van der Waals surface area contributed by atoms with Gasteiger partial charge < -0.3 is 10.4 Å². The van der Waals surface area contributed by atoms with Crippen LogP contribution in [-0.2, 0) is 4.79 Å². The van der Waals surface area contributed by atoms with Gasteiger partial charge in [-0.15, -0.1) is 0 Å². The van der Waals surface area contributed by atoms with E-state index < -0.39 is 12.0 Å². The van der Waals surface area contributed by atoms with Crippen LogP contribution in [0.4, 0.5) is 5.82 Å².